The molecule has 25 heavy (non-hydrogen) atoms. The molecule has 0 bridgehead atoms. The van der Waals surface area contributed by atoms with Crippen molar-refractivity contribution in [1.29, 1.82) is 0 Å². The van der Waals surface area contributed by atoms with Gasteiger partial charge in [-0.2, -0.15) is 5.10 Å². The molecular formula is C17H19BrN6O. The summed E-state index contributed by atoms with van der Waals surface area (Å²) in [6.45, 7) is 4.64. The third-order valence-corrected chi connectivity index (χ3v) is 4.91. The van der Waals surface area contributed by atoms with Crippen LogP contribution in [0.25, 0.3) is 10.9 Å². The van der Waals surface area contributed by atoms with Crippen molar-refractivity contribution >= 4 is 38.5 Å². The molecule has 1 saturated heterocycles. The molecule has 0 aromatic carbocycles. The second kappa shape index (κ2) is 6.68. The molecule has 0 aliphatic carbocycles. The van der Waals surface area contributed by atoms with E-state index in [2.05, 4.69) is 36.2 Å². The van der Waals surface area contributed by atoms with Crippen LogP contribution in [-0.2, 0) is 4.74 Å². The largest absolute Gasteiger partial charge is 0.356 e. The van der Waals surface area contributed by atoms with Gasteiger partial charge in [0.2, 0.25) is 0 Å². The fourth-order valence-electron chi connectivity index (χ4n) is 3.15. The first-order valence-electron chi connectivity index (χ1n) is 8.35. The molecule has 1 fully saturated rings. The molecule has 1 aliphatic rings. The van der Waals surface area contributed by atoms with E-state index in [0.29, 0.717) is 11.6 Å². The Balaban J connectivity index is 1.77. The number of aromatic nitrogens is 5. The van der Waals surface area contributed by atoms with E-state index in [0.717, 1.165) is 52.8 Å². The highest BCUT2D eigenvalue weighted by Gasteiger charge is 2.22. The van der Waals surface area contributed by atoms with E-state index in [4.69, 9.17) is 9.84 Å². The summed E-state index contributed by atoms with van der Waals surface area (Å²) < 4.78 is 8.68. The maximum absolute atomic E-state index is 5.91. The van der Waals surface area contributed by atoms with Gasteiger partial charge in [-0.3, -0.25) is 0 Å². The van der Waals surface area contributed by atoms with Crippen LogP contribution in [0, 0.1) is 13.8 Å². The fourth-order valence-corrected chi connectivity index (χ4v) is 3.44. The van der Waals surface area contributed by atoms with Crippen molar-refractivity contribution in [2.75, 3.05) is 11.9 Å². The van der Waals surface area contributed by atoms with Crippen molar-refractivity contribution < 1.29 is 4.74 Å². The highest BCUT2D eigenvalue weighted by molar-refractivity contribution is 9.10. The van der Waals surface area contributed by atoms with Crippen LogP contribution in [0.1, 0.15) is 37.0 Å². The molecular weight excluding hydrogens is 384 g/mol. The summed E-state index contributed by atoms with van der Waals surface area (Å²) in [6, 6.07) is 1.98. The zero-order chi connectivity index (χ0) is 17.4. The van der Waals surface area contributed by atoms with Crippen LogP contribution >= 0.6 is 15.9 Å². The van der Waals surface area contributed by atoms with Crippen LogP contribution in [0.15, 0.2) is 22.9 Å². The first-order valence-corrected chi connectivity index (χ1v) is 9.14. The second-order valence-corrected chi connectivity index (χ2v) is 7.00. The summed E-state index contributed by atoms with van der Waals surface area (Å²) in [7, 11) is 0. The van der Waals surface area contributed by atoms with Gasteiger partial charge in [0, 0.05) is 19.0 Å². The highest BCUT2D eigenvalue weighted by Crippen LogP contribution is 2.32. The van der Waals surface area contributed by atoms with Crippen LogP contribution in [0.2, 0.25) is 0 Å². The van der Waals surface area contributed by atoms with Crippen molar-refractivity contribution in [2.45, 2.75) is 39.3 Å². The SMILES string of the molecule is Cc1ncc(Br)c(Nc2nccc3c2c(C)nn3C2CCCCO2)n1. The van der Waals surface area contributed by atoms with E-state index < -0.39 is 0 Å². The highest BCUT2D eigenvalue weighted by atomic mass is 79.9. The third kappa shape index (κ3) is 3.11. The first kappa shape index (κ1) is 16.4. The standard InChI is InChI=1S/C17H19BrN6O/c1-10-15-13(24(23-10)14-5-3-4-8-25-14)6-7-19-17(15)22-16-12(18)9-20-11(2)21-16/h6-7,9,14H,3-5,8H2,1-2H3,(H,19,20,21,22). The number of nitrogens with one attached hydrogen (secondary N) is 1. The molecule has 0 amide bonds. The summed E-state index contributed by atoms with van der Waals surface area (Å²) in [5, 5.41) is 9.02. The van der Waals surface area contributed by atoms with Gasteiger partial charge in [-0.25, -0.2) is 19.6 Å². The molecule has 130 valence electrons. The van der Waals surface area contributed by atoms with E-state index in [1.807, 2.05) is 24.6 Å². The zero-order valence-electron chi connectivity index (χ0n) is 14.2. The van der Waals surface area contributed by atoms with E-state index in [-0.39, 0.29) is 6.23 Å². The van der Waals surface area contributed by atoms with Gasteiger partial charge in [0.15, 0.2) is 6.23 Å². The van der Waals surface area contributed by atoms with Gasteiger partial charge in [0.05, 0.1) is 21.1 Å². The average Bonchev–Trinajstić information content (AvgIpc) is 2.97. The Morgan fingerprint density at radius 3 is 2.92 bits per heavy atom. The number of hydrogen-bond donors (Lipinski definition) is 1. The van der Waals surface area contributed by atoms with E-state index in [1.165, 1.54) is 0 Å². The molecule has 0 radical (unpaired) electrons. The third-order valence-electron chi connectivity index (χ3n) is 4.33. The summed E-state index contributed by atoms with van der Waals surface area (Å²) in [5.74, 6) is 2.12. The topological polar surface area (TPSA) is 77.8 Å². The first-order chi connectivity index (χ1) is 12.1. The van der Waals surface area contributed by atoms with E-state index in [9.17, 15) is 0 Å². The van der Waals surface area contributed by atoms with Gasteiger partial charge in [0.25, 0.3) is 0 Å². The van der Waals surface area contributed by atoms with Gasteiger partial charge in [-0.15, -0.1) is 0 Å². The van der Waals surface area contributed by atoms with Crippen LogP contribution < -0.4 is 5.32 Å². The predicted molar refractivity (Wildman–Crippen MR) is 98.9 cm³/mol. The molecule has 1 unspecified atom stereocenters. The minimum Gasteiger partial charge on any atom is -0.356 e. The van der Waals surface area contributed by atoms with E-state index >= 15 is 0 Å². The summed E-state index contributed by atoms with van der Waals surface area (Å²) in [6.07, 6.45) is 6.77. The molecule has 0 saturated carbocycles. The van der Waals surface area contributed by atoms with Crippen molar-refractivity contribution in [3.63, 3.8) is 0 Å². The molecule has 3 aromatic rings. The number of hydrogen-bond acceptors (Lipinski definition) is 6. The zero-order valence-corrected chi connectivity index (χ0v) is 15.7. The normalized spacial score (nSPS) is 17.8. The Kier molecular flexibility index (Phi) is 4.39. The second-order valence-electron chi connectivity index (χ2n) is 6.14. The Hall–Kier alpha value is -2.06. The number of halogens is 1. The van der Waals surface area contributed by atoms with Crippen LogP contribution in [0.5, 0.6) is 0 Å². The lowest BCUT2D eigenvalue weighted by atomic mass is 10.2. The number of ether oxygens (including phenoxy) is 1. The lowest BCUT2D eigenvalue weighted by molar-refractivity contribution is -0.0368. The molecule has 1 atom stereocenters. The molecule has 0 spiro atoms. The fraction of sp³-hybridized carbons (Fsp3) is 0.412. The molecule has 1 aliphatic heterocycles. The van der Waals surface area contributed by atoms with Crippen LogP contribution in [0.4, 0.5) is 11.6 Å². The minimum absolute atomic E-state index is 0.00627. The molecule has 1 N–H and O–H groups in total. The quantitative estimate of drug-likeness (QED) is 0.711. The summed E-state index contributed by atoms with van der Waals surface area (Å²) in [4.78, 5) is 13.1. The van der Waals surface area contributed by atoms with E-state index in [1.54, 1.807) is 12.4 Å². The lowest BCUT2D eigenvalue weighted by Gasteiger charge is -2.23. The maximum Gasteiger partial charge on any atom is 0.150 e. The van der Waals surface area contributed by atoms with Gasteiger partial charge >= 0.3 is 0 Å². The number of aryl methyl sites for hydroxylation is 2. The minimum atomic E-state index is -0.00627. The van der Waals surface area contributed by atoms with Crippen LogP contribution in [-0.4, -0.2) is 31.3 Å². The lowest BCUT2D eigenvalue weighted by Crippen LogP contribution is -2.19. The molecule has 4 heterocycles. The van der Waals surface area contributed by atoms with Gasteiger partial charge < -0.3 is 10.1 Å². The Bertz CT molecular complexity index is 919. The number of pyridine rings is 1. The average molecular weight is 403 g/mol. The Morgan fingerprint density at radius 2 is 2.12 bits per heavy atom. The van der Waals surface area contributed by atoms with Crippen molar-refractivity contribution in [1.82, 2.24) is 24.7 Å². The molecule has 4 rings (SSSR count). The van der Waals surface area contributed by atoms with Crippen molar-refractivity contribution in [3.8, 4) is 0 Å². The van der Waals surface area contributed by atoms with Crippen molar-refractivity contribution in [3.05, 3.63) is 34.5 Å². The number of nitrogens with zero attached hydrogens (tertiary/aromatic N) is 5. The van der Waals surface area contributed by atoms with Crippen molar-refractivity contribution in [2.24, 2.45) is 0 Å². The van der Waals surface area contributed by atoms with Gasteiger partial charge in [0.1, 0.15) is 17.5 Å². The number of fused-ring (bicyclic) bond motifs is 1. The number of anilines is 2. The molecule has 8 heteroatoms. The number of rotatable bonds is 3. The summed E-state index contributed by atoms with van der Waals surface area (Å²) in [5.41, 5.74) is 1.94. The smallest absolute Gasteiger partial charge is 0.150 e. The van der Waals surface area contributed by atoms with Crippen LogP contribution in [0.3, 0.4) is 0 Å². The predicted octanol–water partition coefficient (Wildman–Crippen LogP) is 4.04. The Labute approximate surface area is 154 Å². The molecule has 3 aromatic heterocycles. The van der Waals surface area contributed by atoms with Gasteiger partial charge in [-0.1, -0.05) is 0 Å². The Morgan fingerprint density at radius 1 is 1.24 bits per heavy atom. The molecule has 7 nitrogen and oxygen atoms in total. The van der Waals surface area contributed by atoms with Gasteiger partial charge in [-0.05, 0) is 55.1 Å². The summed E-state index contributed by atoms with van der Waals surface area (Å²) >= 11 is 3.48. The monoisotopic (exact) mass is 402 g/mol. The maximum atomic E-state index is 5.91.